The molecule has 0 aliphatic rings. The van der Waals surface area contributed by atoms with Gasteiger partial charge in [-0.25, -0.2) is 4.98 Å². The van der Waals surface area contributed by atoms with E-state index < -0.39 is 0 Å². The van der Waals surface area contributed by atoms with Gasteiger partial charge in [0.15, 0.2) is 0 Å². The van der Waals surface area contributed by atoms with E-state index in [1.165, 1.54) is 0 Å². The molecule has 1 unspecified atom stereocenters. The van der Waals surface area contributed by atoms with Crippen molar-refractivity contribution < 1.29 is 0 Å². The van der Waals surface area contributed by atoms with Crippen LogP contribution >= 0.6 is 11.8 Å². The van der Waals surface area contributed by atoms with E-state index in [2.05, 4.69) is 16.5 Å². The molecule has 0 aliphatic heterocycles. The number of nitrogens with two attached hydrogens (primary N) is 1. The molecular formula is C9H17N3S. The molecule has 0 bridgehead atoms. The second kappa shape index (κ2) is 5.29. The fourth-order valence-corrected chi connectivity index (χ4v) is 2.07. The van der Waals surface area contributed by atoms with E-state index in [1.54, 1.807) is 0 Å². The van der Waals surface area contributed by atoms with E-state index in [1.807, 2.05) is 31.2 Å². The number of rotatable bonds is 5. The number of aryl methyl sites for hydroxylation is 1. The summed E-state index contributed by atoms with van der Waals surface area (Å²) in [5.41, 5.74) is 5.53. The van der Waals surface area contributed by atoms with Crippen LogP contribution in [0.1, 0.15) is 12.7 Å². The van der Waals surface area contributed by atoms with Crippen molar-refractivity contribution in [2.24, 2.45) is 18.7 Å². The molecule has 1 aromatic rings. The van der Waals surface area contributed by atoms with Crippen LogP contribution in [0.2, 0.25) is 0 Å². The summed E-state index contributed by atoms with van der Waals surface area (Å²) < 4.78 is 2.06. The Morgan fingerprint density at radius 1 is 1.69 bits per heavy atom. The monoisotopic (exact) mass is 199 g/mol. The van der Waals surface area contributed by atoms with Crippen LogP contribution in [0.5, 0.6) is 0 Å². The largest absolute Gasteiger partial charge is 0.337 e. The standard InChI is InChI=1S/C9H17N3S/c1-8(5-10)6-13-7-9-11-3-4-12(9)2/h3-4,8H,5-7,10H2,1-2H3. The fraction of sp³-hybridized carbons (Fsp3) is 0.667. The molecule has 2 N–H and O–H groups in total. The van der Waals surface area contributed by atoms with Gasteiger partial charge in [-0.05, 0) is 18.2 Å². The van der Waals surface area contributed by atoms with Crippen LogP contribution in [-0.2, 0) is 12.8 Å². The van der Waals surface area contributed by atoms with Crippen LogP contribution in [0.4, 0.5) is 0 Å². The minimum absolute atomic E-state index is 0.602. The summed E-state index contributed by atoms with van der Waals surface area (Å²) in [6.07, 6.45) is 3.81. The molecule has 1 atom stereocenters. The van der Waals surface area contributed by atoms with E-state index in [0.717, 1.165) is 23.9 Å². The average molecular weight is 199 g/mol. The molecule has 3 nitrogen and oxygen atoms in total. The van der Waals surface area contributed by atoms with Gasteiger partial charge in [-0.15, -0.1) is 0 Å². The van der Waals surface area contributed by atoms with E-state index >= 15 is 0 Å². The molecule has 1 rings (SSSR count). The Labute approximate surface area is 83.7 Å². The lowest BCUT2D eigenvalue weighted by molar-refractivity contribution is 0.675. The number of hydrogen-bond donors (Lipinski definition) is 1. The second-order valence-electron chi connectivity index (χ2n) is 3.31. The summed E-state index contributed by atoms with van der Waals surface area (Å²) in [7, 11) is 2.02. The number of imidazole rings is 1. The summed E-state index contributed by atoms with van der Waals surface area (Å²) in [6, 6.07) is 0. The first kappa shape index (κ1) is 10.6. The molecule has 0 saturated heterocycles. The van der Waals surface area contributed by atoms with Crippen LogP contribution in [0.3, 0.4) is 0 Å². The first-order valence-electron chi connectivity index (χ1n) is 4.48. The van der Waals surface area contributed by atoms with Crippen LogP contribution in [0, 0.1) is 5.92 Å². The molecule has 0 amide bonds. The molecule has 13 heavy (non-hydrogen) atoms. The van der Waals surface area contributed by atoms with Crippen molar-refractivity contribution in [1.82, 2.24) is 9.55 Å². The maximum absolute atomic E-state index is 5.53. The van der Waals surface area contributed by atoms with Gasteiger partial charge in [-0.1, -0.05) is 6.92 Å². The van der Waals surface area contributed by atoms with Crippen molar-refractivity contribution in [3.8, 4) is 0 Å². The first-order chi connectivity index (χ1) is 6.24. The van der Waals surface area contributed by atoms with E-state index in [-0.39, 0.29) is 0 Å². The Hall–Kier alpha value is -0.480. The van der Waals surface area contributed by atoms with Gasteiger partial charge in [0.05, 0.1) is 5.75 Å². The summed E-state index contributed by atoms with van der Waals surface area (Å²) in [5, 5.41) is 0. The lowest BCUT2D eigenvalue weighted by Gasteiger charge is -2.07. The number of thioether (sulfide) groups is 1. The third kappa shape index (κ3) is 3.40. The van der Waals surface area contributed by atoms with E-state index in [4.69, 9.17) is 5.73 Å². The zero-order valence-corrected chi connectivity index (χ0v) is 9.05. The van der Waals surface area contributed by atoms with Crippen LogP contribution < -0.4 is 5.73 Å². The third-order valence-corrected chi connectivity index (χ3v) is 3.22. The van der Waals surface area contributed by atoms with Crippen LogP contribution in [-0.4, -0.2) is 21.8 Å². The Morgan fingerprint density at radius 3 is 3.00 bits per heavy atom. The average Bonchev–Trinajstić information content (AvgIpc) is 2.52. The molecule has 0 spiro atoms. The van der Waals surface area contributed by atoms with E-state index in [9.17, 15) is 0 Å². The zero-order valence-electron chi connectivity index (χ0n) is 8.23. The van der Waals surface area contributed by atoms with Crippen molar-refractivity contribution in [2.45, 2.75) is 12.7 Å². The van der Waals surface area contributed by atoms with Crippen LogP contribution in [0.25, 0.3) is 0 Å². The lowest BCUT2D eigenvalue weighted by Crippen LogP contribution is -2.13. The Bertz CT molecular complexity index is 247. The molecule has 0 aromatic carbocycles. The molecule has 0 saturated carbocycles. The van der Waals surface area contributed by atoms with Gasteiger partial charge < -0.3 is 10.3 Å². The maximum atomic E-state index is 5.53. The van der Waals surface area contributed by atoms with Crippen molar-refractivity contribution in [3.05, 3.63) is 18.2 Å². The smallest absolute Gasteiger partial charge is 0.118 e. The minimum atomic E-state index is 0.602. The SMILES string of the molecule is CC(CN)CSCc1nccn1C. The van der Waals surface area contributed by atoms with Gasteiger partial charge in [0.25, 0.3) is 0 Å². The fourth-order valence-electron chi connectivity index (χ4n) is 0.955. The van der Waals surface area contributed by atoms with Gasteiger partial charge in [-0.3, -0.25) is 0 Å². The van der Waals surface area contributed by atoms with Crippen molar-refractivity contribution >= 4 is 11.8 Å². The normalized spacial score (nSPS) is 13.2. The third-order valence-electron chi connectivity index (χ3n) is 1.96. The molecule has 74 valence electrons. The minimum Gasteiger partial charge on any atom is -0.337 e. The zero-order chi connectivity index (χ0) is 9.68. The van der Waals surface area contributed by atoms with Gasteiger partial charge >= 0.3 is 0 Å². The topological polar surface area (TPSA) is 43.8 Å². The highest BCUT2D eigenvalue weighted by Crippen LogP contribution is 2.12. The van der Waals surface area contributed by atoms with Crippen molar-refractivity contribution in [1.29, 1.82) is 0 Å². The predicted octanol–water partition coefficient (Wildman–Crippen LogP) is 1.25. The Morgan fingerprint density at radius 2 is 2.46 bits per heavy atom. The number of nitrogens with zero attached hydrogens (tertiary/aromatic N) is 2. The summed E-state index contributed by atoms with van der Waals surface area (Å²) in [5.74, 6) is 3.83. The summed E-state index contributed by atoms with van der Waals surface area (Å²) >= 11 is 1.89. The molecule has 1 heterocycles. The Balaban J connectivity index is 2.24. The second-order valence-corrected chi connectivity index (χ2v) is 4.34. The maximum Gasteiger partial charge on any atom is 0.118 e. The molecule has 0 aliphatic carbocycles. The first-order valence-corrected chi connectivity index (χ1v) is 5.63. The molecule has 0 radical (unpaired) electrons. The van der Waals surface area contributed by atoms with Crippen molar-refractivity contribution in [2.75, 3.05) is 12.3 Å². The lowest BCUT2D eigenvalue weighted by atomic mass is 10.2. The quantitative estimate of drug-likeness (QED) is 0.776. The van der Waals surface area contributed by atoms with Gasteiger partial charge in [-0.2, -0.15) is 11.8 Å². The predicted molar refractivity (Wildman–Crippen MR) is 57.6 cm³/mol. The number of hydrogen-bond acceptors (Lipinski definition) is 3. The van der Waals surface area contributed by atoms with Gasteiger partial charge in [0, 0.05) is 19.4 Å². The van der Waals surface area contributed by atoms with E-state index in [0.29, 0.717) is 5.92 Å². The van der Waals surface area contributed by atoms with Crippen LogP contribution in [0.15, 0.2) is 12.4 Å². The highest BCUT2D eigenvalue weighted by Gasteiger charge is 2.02. The summed E-state index contributed by atoms with van der Waals surface area (Å²) in [6.45, 7) is 2.94. The highest BCUT2D eigenvalue weighted by atomic mass is 32.2. The Kier molecular flexibility index (Phi) is 4.32. The summed E-state index contributed by atoms with van der Waals surface area (Å²) in [4.78, 5) is 4.25. The number of aromatic nitrogens is 2. The van der Waals surface area contributed by atoms with Gasteiger partial charge in [0.2, 0.25) is 0 Å². The molecule has 0 fully saturated rings. The highest BCUT2D eigenvalue weighted by molar-refractivity contribution is 7.98. The van der Waals surface area contributed by atoms with Crippen molar-refractivity contribution in [3.63, 3.8) is 0 Å². The van der Waals surface area contributed by atoms with Gasteiger partial charge in [0.1, 0.15) is 5.82 Å². The molecule has 4 heteroatoms. The molecular weight excluding hydrogens is 182 g/mol. The molecule has 1 aromatic heterocycles.